The van der Waals surface area contributed by atoms with E-state index in [9.17, 15) is 14.7 Å². The molecule has 1 spiro atoms. The number of benzene rings is 4. The molecule has 0 unspecified atom stereocenters. The van der Waals surface area contributed by atoms with Gasteiger partial charge in [0.2, 0.25) is 0 Å². The van der Waals surface area contributed by atoms with Crippen molar-refractivity contribution in [1.29, 1.82) is 0 Å². The molecule has 4 heterocycles. The van der Waals surface area contributed by atoms with Crippen LogP contribution >= 0.6 is 0 Å². The van der Waals surface area contributed by atoms with Crippen molar-refractivity contribution in [1.82, 2.24) is 15.0 Å². The van der Waals surface area contributed by atoms with E-state index >= 15 is 0 Å². The van der Waals surface area contributed by atoms with E-state index in [0.717, 1.165) is 39.2 Å². The fourth-order valence-electron chi connectivity index (χ4n) is 8.92. The number of aromatic nitrogens is 3. The highest BCUT2D eigenvalue weighted by molar-refractivity contribution is 6.91. The van der Waals surface area contributed by atoms with Crippen LogP contribution in [0.1, 0.15) is 35.0 Å². The number of aryl methyl sites for hydroxylation is 1. The van der Waals surface area contributed by atoms with Gasteiger partial charge < -0.3 is 19.5 Å². The highest BCUT2D eigenvalue weighted by atomic mass is 28.3. The number of rotatable bonds is 9. The first-order valence-electron chi connectivity index (χ1n) is 17.2. The standard InChI is InChI=1S/C39H41N5O5Si/c1-24-36(50(4,5)29-15-13-28(48-3)14-16-29)34(18-20-43-23-26(19-21-45)40-41-43)49-39(24)31-22-27(12-17-32(31)42(2)38(39)47)44-33-11-7-9-25-8-6-10-30(35(25)33)37(44)46/h6-17,22-24,34,36,45H,18-21H2,1-5H3/t24-,34+,36-,39+/m1/s1. The van der Waals surface area contributed by atoms with E-state index in [-0.39, 0.29) is 36.0 Å². The molecule has 0 saturated carbocycles. The number of anilines is 3. The Kier molecular flexibility index (Phi) is 7.70. The fourth-order valence-corrected chi connectivity index (χ4v) is 13.0. The largest absolute Gasteiger partial charge is 0.497 e. The van der Waals surface area contributed by atoms with Crippen molar-refractivity contribution in [3.8, 4) is 5.75 Å². The molecule has 1 saturated heterocycles. The molecular weight excluding hydrogens is 647 g/mol. The van der Waals surface area contributed by atoms with Gasteiger partial charge in [-0.3, -0.25) is 19.2 Å². The first-order chi connectivity index (χ1) is 24.1. The number of ether oxygens (including phenoxy) is 2. The number of nitrogens with zero attached hydrogens (tertiary/aromatic N) is 5. The molecule has 10 nitrogen and oxygen atoms in total. The first-order valence-corrected chi connectivity index (χ1v) is 20.3. The Morgan fingerprint density at radius 3 is 2.50 bits per heavy atom. The maximum Gasteiger partial charge on any atom is 0.264 e. The van der Waals surface area contributed by atoms with Crippen LogP contribution < -0.4 is 19.7 Å². The topological polar surface area (TPSA) is 110 Å². The molecule has 2 amide bonds. The molecule has 50 heavy (non-hydrogen) atoms. The summed E-state index contributed by atoms with van der Waals surface area (Å²) in [4.78, 5) is 32.1. The van der Waals surface area contributed by atoms with Gasteiger partial charge in [0.15, 0.2) is 5.60 Å². The molecular formula is C39H41N5O5Si. The van der Waals surface area contributed by atoms with Gasteiger partial charge in [-0.05, 0) is 59.8 Å². The van der Waals surface area contributed by atoms with Crippen LogP contribution in [0.4, 0.5) is 17.1 Å². The average molecular weight is 688 g/mol. The van der Waals surface area contributed by atoms with Crippen molar-refractivity contribution in [3.05, 3.63) is 102 Å². The van der Waals surface area contributed by atoms with E-state index in [1.807, 2.05) is 80.0 Å². The normalized spacial score (nSPS) is 22.7. The Morgan fingerprint density at radius 2 is 1.76 bits per heavy atom. The number of aliphatic hydroxyl groups excluding tert-OH is 1. The van der Waals surface area contributed by atoms with E-state index in [1.165, 1.54) is 5.19 Å². The molecule has 0 bridgehead atoms. The lowest BCUT2D eigenvalue weighted by Crippen LogP contribution is -2.51. The van der Waals surface area contributed by atoms with Gasteiger partial charge in [0.05, 0.1) is 43.9 Å². The highest BCUT2D eigenvalue weighted by Crippen LogP contribution is 2.60. The number of fused-ring (bicyclic) bond motifs is 2. The van der Waals surface area contributed by atoms with Crippen LogP contribution in [-0.2, 0) is 28.1 Å². The van der Waals surface area contributed by atoms with Crippen LogP contribution in [0, 0.1) is 5.92 Å². The summed E-state index contributed by atoms with van der Waals surface area (Å²) in [5.41, 5.74) is 3.36. The summed E-state index contributed by atoms with van der Waals surface area (Å²) in [7, 11) is 1.15. The predicted molar refractivity (Wildman–Crippen MR) is 195 cm³/mol. The summed E-state index contributed by atoms with van der Waals surface area (Å²) in [5, 5.41) is 21.1. The number of likely N-dealkylation sites (N-methyl/N-ethyl adjacent to an activating group) is 1. The second-order valence-corrected chi connectivity index (χ2v) is 19.0. The molecule has 11 heteroatoms. The van der Waals surface area contributed by atoms with Crippen molar-refractivity contribution in [3.63, 3.8) is 0 Å². The summed E-state index contributed by atoms with van der Waals surface area (Å²) in [5.74, 6) is 0.447. The van der Waals surface area contributed by atoms with Crippen molar-refractivity contribution in [2.24, 2.45) is 5.92 Å². The number of methoxy groups -OCH3 is 1. The van der Waals surface area contributed by atoms with Crippen molar-refractivity contribution < 1.29 is 24.2 Å². The van der Waals surface area contributed by atoms with Crippen LogP contribution in [0.3, 0.4) is 0 Å². The zero-order chi connectivity index (χ0) is 34.9. The molecule has 1 N–H and O–H groups in total. The number of hydrogen-bond donors (Lipinski definition) is 1. The fraction of sp³-hybridized carbons (Fsp3) is 0.333. The quantitative estimate of drug-likeness (QED) is 0.203. The number of amides is 2. The van der Waals surface area contributed by atoms with E-state index < -0.39 is 13.7 Å². The second kappa shape index (κ2) is 11.9. The average Bonchev–Trinajstić information content (AvgIpc) is 3.84. The molecule has 1 fully saturated rings. The summed E-state index contributed by atoms with van der Waals surface area (Å²) < 4.78 is 14.5. The molecule has 1 aromatic heterocycles. The maximum absolute atomic E-state index is 14.7. The Balaban J connectivity index is 1.22. The minimum absolute atomic E-state index is 0.00940. The van der Waals surface area contributed by atoms with Gasteiger partial charge in [-0.2, -0.15) is 0 Å². The maximum atomic E-state index is 14.7. The Labute approximate surface area is 292 Å². The summed E-state index contributed by atoms with van der Waals surface area (Å²) in [6.07, 6.45) is 2.67. The van der Waals surface area contributed by atoms with E-state index in [0.29, 0.717) is 30.6 Å². The van der Waals surface area contributed by atoms with Crippen LogP contribution in [0.2, 0.25) is 18.6 Å². The van der Waals surface area contributed by atoms with Crippen molar-refractivity contribution >= 4 is 52.9 Å². The van der Waals surface area contributed by atoms with Gasteiger partial charge >= 0.3 is 0 Å². The Hall–Kier alpha value is -4.84. The smallest absolute Gasteiger partial charge is 0.264 e. The molecule has 8 rings (SSSR count). The molecule has 3 aliphatic rings. The van der Waals surface area contributed by atoms with Gasteiger partial charge in [-0.15, -0.1) is 5.10 Å². The van der Waals surface area contributed by atoms with E-state index in [4.69, 9.17) is 9.47 Å². The monoisotopic (exact) mass is 687 g/mol. The second-order valence-electron chi connectivity index (χ2n) is 14.3. The molecule has 3 aliphatic heterocycles. The molecule has 4 atom stereocenters. The van der Waals surface area contributed by atoms with E-state index in [1.54, 1.807) is 21.6 Å². The van der Waals surface area contributed by atoms with Crippen LogP contribution in [0.15, 0.2) is 85.1 Å². The third kappa shape index (κ3) is 4.67. The summed E-state index contributed by atoms with van der Waals surface area (Å²) in [6.45, 7) is 7.46. The number of hydrogen-bond acceptors (Lipinski definition) is 7. The predicted octanol–water partition coefficient (Wildman–Crippen LogP) is 5.55. The molecule has 5 aromatic rings. The Bertz CT molecular complexity index is 2140. The number of aliphatic hydroxyl groups is 1. The van der Waals surface area contributed by atoms with Gasteiger partial charge in [-0.25, -0.2) is 0 Å². The summed E-state index contributed by atoms with van der Waals surface area (Å²) >= 11 is 0. The van der Waals surface area contributed by atoms with Gasteiger partial charge in [-0.1, -0.05) is 66.8 Å². The minimum Gasteiger partial charge on any atom is -0.497 e. The SMILES string of the molecule is COc1ccc([Si](C)(C)[C@H]2[C@H](CCn3cc(CCO)nn3)O[C@@]3(C(=O)N(C)c4ccc(N5C(=O)c6cccc7cccc5c67)cc43)[C@@H]2C)cc1. The van der Waals surface area contributed by atoms with Crippen LogP contribution in [0.25, 0.3) is 10.8 Å². The highest BCUT2D eigenvalue weighted by Gasteiger charge is 2.66. The third-order valence-electron chi connectivity index (χ3n) is 11.4. The zero-order valence-corrected chi connectivity index (χ0v) is 30.0. The Morgan fingerprint density at radius 1 is 1.00 bits per heavy atom. The van der Waals surface area contributed by atoms with Crippen molar-refractivity contribution in [2.75, 3.05) is 30.6 Å². The third-order valence-corrected chi connectivity index (χ3v) is 15.7. The zero-order valence-electron chi connectivity index (χ0n) is 29.0. The minimum atomic E-state index is -2.34. The van der Waals surface area contributed by atoms with Gasteiger partial charge in [0.1, 0.15) is 5.75 Å². The number of carbonyl (C=O) groups is 2. The lowest BCUT2D eigenvalue weighted by molar-refractivity contribution is -0.145. The lowest BCUT2D eigenvalue weighted by Gasteiger charge is -2.37. The molecule has 0 aliphatic carbocycles. The first kappa shape index (κ1) is 32.4. The summed E-state index contributed by atoms with van der Waals surface area (Å²) in [6, 6.07) is 26.0. The van der Waals surface area contributed by atoms with Crippen LogP contribution in [0.5, 0.6) is 5.75 Å². The lowest BCUT2D eigenvalue weighted by atomic mass is 9.82. The molecule has 256 valence electrons. The number of carbonyl (C=O) groups excluding carboxylic acids is 2. The van der Waals surface area contributed by atoms with Crippen molar-refractivity contribution in [2.45, 2.75) is 56.7 Å². The van der Waals surface area contributed by atoms with Gasteiger partial charge in [0.25, 0.3) is 11.8 Å². The van der Waals surface area contributed by atoms with Crippen LogP contribution in [-0.4, -0.2) is 66.9 Å². The molecule has 0 radical (unpaired) electrons. The molecule has 4 aromatic carbocycles. The van der Waals surface area contributed by atoms with E-state index in [2.05, 4.69) is 42.5 Å². The van der Waals surface area contributed by atoms with Gasteiger partial charge in [0, 0.05) is 55.4 Å².